The van der Waals surface area contributed by atoms with E-state index in [1.54, 1.807) is 0 Å². The Bertz CT molecular complexity index is 1140. The van der Waals surface area contributed by atoms with Crippen LogP contribution < -0.4 is 9.80 Å². The van der Waals surface area contributed by atoms with Gasteiger partial charge < -0.3 is 9.80 Å². The smallest absolute Gasteiger partial charge is 0.178 e. The topological polar surface area (TPSA) is 32.3 Å². The first-order valence-corrected chi connectivity index (χ1v) is 11.5. The van der Waals surface area contributed by atoms with Gasteiger partial charge in [0.1, 0.15) is 6.17 Å². The number of fused-ring (bicyclic) bond motifs is 5. The molecule has 0 bridgehead atoms. The molecule has 3 heterocycles. The van der Waals surface area contributed by atoms with Gasteiger partial charge in [0, 0.05) is 22.2 Å². The Morgan fingerprint density at radius 3 is 1.97 bits per heavy atom. The van der Waals surface area contributed by atoms with Gasteiger partial charge in [0.2, 0.25) is 0 Å². The molecule has 0 spiro atoms. The molecule has 0 saturated carbocycles. The SMILES string of the molecule is CCC1(C)c2ccccc2N2c3nc(C)c(C)nc3N(c3ccccc3)C2C1(C)CC. The molecule has 0 aliphatic carbocycles. The summed E-state index contributed by atoms with van der Waals surface area (Å²) in [6.45, 7) is 13.7. The van der Waals surface area contributed by atoms with E-state index in [2.05, 4.69) is 106 Å². The van der Waals surface area contributed by atoms with Gasteiger partial charge in [0.25, 0.3) is 0 Å². The lowest BCUT2D eigenvalue weighted by Crippen LogP contribution is -2.62. The van der Waals surface area contributed by atoms with Gasteiger partial charge in [0.05, 0.1) is 11.4 Å². The van der Waals surface area contributed by atoms with Crippen LogP contribution in [0, 0.1) is 19.3 Å². The summed E-state index contributed by atoms with van der Waals surface area (Å²) in [5.74, 6) is 1.94. The summed E-state index contributed by atoms with van der Waals surface area (Å²) in [5, 5.41) is 0. The average Bonchev–Trinajstić information content (AvgIpc) is 3.12. The second kappa shape index (κ2) is 6.81. The fourth-order valence-electron chi connectivity index (χ4n) is 5.83. The Hall–Kier alpha value is -2.88. The van der Waals surface area contributed by atoms with Crippen molar-refractivity contribution in [3.63, 3.8) is 0 Å². The average molecular weight is 413 g/mol. The standard InChI is InChI=1S/C27H32N4/c1-7-26(5)21-16-12-13-17-22(21)31-24-23(28-18(3)19(4)29-24)30(20-14-10-9-11-15-20)25(31)27(26,6)8-2/h9-17,25H,7-8H2,1-6H3. The van der Waals surface area contributed by atoms with E-state index in [4.69, 9.17) is 9.97 Å². The highest BCUT2D eigenvalue weighted by Crippen LogP contribution is 2.63. The van der Waals surface area contributed by atoms with Crippen LogP contribution in [0.5, 0.6) is 0 Å². The van der Waals surface area contributed by atoms with E-state index in [-0.39, 0.29) is 17.0 Å². The molecule has 3 unspecified atom stereocenters. The third kappa shape index (κ3) is 2.48. The van der Waals surface area contributed by atoms with E-state index in [1.165, 1.54) is 16.9 Å². The summed E-state index contributed by atoms with van der Waals surface area (Å²) < 4.78 is 0. The number of aryl methyl sites for hydroxylation is 2. The molecule has 4 heteroatoms. The summed E-state index contributed by atoms with van der Waals surface area (Å²) in [5.41, 5.74) is 5.84. The maximum atomic E-state index is 5.11. The molecule has 5 rings (SSSR count). The van der Waals surface area contributed by atoms with E-state index in [0.29, 0.717) is 0 Å². The van der Waals surface area contributed by atoms with Crippen LogP contribution in [0.1, 0.15) is 57.5 Å². The summed E-state index contributed by atoms with van der Waals surface area (Å²) in [7, 11) is 0. The van der Waals surface area contributed by atoms with Crippen LogP contribution in [-0.2, 0) is 5.41 Å². The van der Waals surface area contributed by atoms with Crippen LogP contribution in [0.2, 0.25) is 0 Å². The van der Waals surface area contributed by atoms with Gasteiger partial charge in [-0.3, -0.25) is 0 Å². The fraction of sp³-hybridized carbons (Fsp3) is 0.407. The number of hydrogen-bond donors (Lipinski definition) is 0. The second-order valence-corrected chi connectivity index (χ2v) is 9.46. The number of rotatable bonds is 3. The second-order valence-electron chi connectivity index (χ2n) is 9.46. The molecule has 2 aliphatic heterocycles. The van der Waals surface area contributed by atoms with Crippen LogP contribution >= 0.6 is 0 Å². The first kappa shape index (κ1) is 20.0. The Labute approximate surface area is 186 Å². The van der Waals surface area contributed by atoms with Crippen molar-refractivity contribution < 1.29 is 0 Å². The van der Waals surface area contributed by atoms with E-state index in [9.17, 15) is 0 Å². The van der Waals surface area contributed by atoms with E-state index >= 15 is 0 Å². The fourth-order valence-corrected chi connectivity index (χ4v) is 5.83. The highest BCUT2D eigenvalue weighted by atomic mass is 15.5. The van der Waals surface area contributed by atoms with Crippen LogP contribution in [-0.4, -0.2) is 16.1 Å². The predicted molar refractivity (Wildman–Crippen MR) is 128 cm³/mol. The van der Waals surface area contributed by atoms with Gasteiger partial charge in [-0.05, 0) is 50.5 Å². The van der Waals surface area contributed by atoms with Gasteiger partial charge in [-0.1, -0.05) is 64.1 Å². The molecular formula is C27H32N4. The molecular weight excluding hydrogens is 380 g/mol. The Morgan fingerprint density at radius 2 is 1.35 bits per heavy atom. The van der Waals surface area contributed by atoms with Crippen molar-refractivity contribution in [3.8, 4) is 0 Å². The largest absolute Gasteiger partial charge is 0.301 e. The minimum absolute atomic E-state index is 0.0177. The zero-order chi connectivity index (χ0) is 22.0. The van der Waals surface area contributed by atoms with E-state index < -0.39 is 0 Å². The molecule has 3 atom stereocenters. The van der Waals surface area contributed by atoms with Crippen molar-refractivity contribution in [1.82, 2.24) is 9.97 Å². The van der Waals surface area contributed by atoms with Gasteiger partial charge in [-0.2, -0.15) is 0 Å². The molecule has 1 aromatic heterocycles. The Morgan fingerprint density at radius 1 is 0.774 bits per heavy atom. The number of nitrogens with zero attached hydrogens (tertiary/aromatic N) is 4. The zero-order valence-corrected chi connectivity index (χ0v) is 19.5. The van der Waals surface area contributed by atoms with Crippen molar-refractivity contribution in [3.05, 3.63) is 71.5 Å². The van der Waals surface area contributed by atoms with Crippen molar-refractivity contribution >= 4 is 23.0 Å². The van der Waals surface area contributed by atoms with Crippen molar-refractivity contribution in [2.45, 2.75) is 66.0 Å². The lowest BCUT2D eigenvalue weighted by atomic mass is 9.55. The molecule has 0 fully saturated rings. The van der Waals surface area contributed by atoms with Crippen LogP contribution in [0.25, 0.3) is 0 Å². The monoisotopic (exact) mass is 412 g/mol. The molecule has 2 aliphatic rings. The maximum absolute atomic E-state index is 5.11. The highest BCUT2D eigenvalue weighted by Gasteiger charge is 2.61. The number of anilines is 4. The van der Waals surface area contributed by atoms with Gasteiger partial charge in [-0.15, -0.1) is 0 Å². The molecule has 0 N–H and O–H groups in total. The maximum Gasteiger partial charge on any atom is 0.178 e. The third-order valence-electron chi connectivity index (χ3n) is 8.28. The molecule has 31 heavy (non-hydrogen) atoms. The molecule has 0 radical (unpaired) electrons. The van der Waals surface area contributed by atoms with Crippen molar-refractivity contribution in [1.29, 1.82) is 0 Å². The normalized spacial score (nSPS) is 26.5. The first-order valence-electron chi connectivity index (χ1n) is 11.5. The third-order valence-corrected chi connectivity index (χ3v) is 8.28. The summed E-state index contributed by atoms with van der Waals surface area (Å²) in [6.07, 6.45) is 2.24. The molecule has 160 valence electrons. The lowest BCUT2D eigenvalue weighted by molar-refractivity contribution is 0.0963. The Balaban J connectivity index is 1.89. The molecule has 4 nitrogen and oxygen atoms in total. The lowest BCUT2D eigenvalue weighted by Gasteiger charge is -2.58. The number of benzene rings is 2. The summed E-state index contributed by atoms with van der Waals surface area (Å²) in [6, 6.07) is 19.6. The van der Waals surface area contributed by atoms with Gasteiger partial charge in [0.15, 0.2) is 11.6 Å². The number of hydrogen-bond acceptors (Lipinski definition) is 4. The van der Waals surface area contributed by atoms with Crippen LogP contribution in [0.4, 0.5) is 23.0 Å². The van der Waals surface area contributed by atoms with Gasteiger partial charge >= 0.3 is 0 Å². The zero-order valence-electron chi connectivity index (χ0n) is 19.5. The minimum atomic E-state index is -0.0177. The molecule has 0 amide bonds. The van der Waals surface area contributed by atoms with Crippen molar-refractivity contribution in [2.75, 3.05) is 9.80 Å². The summed E-state index contributed by atoms with van der Waals surface area (Å²) >= 11 is 0. The van der Waals surface area contributed by atoms with Crippen molar-refractivity contribution in [2.24, 2.45) is 5.41 Å². The highest BCUT2D eigenvalue weighted by molar-refractivity contribution is 5.87. The number of aromatic nitrogens is 2. The van der Waals surface area contributed by atoms with E-state index in [0.717, 1.165) is 35.9 Å². The quantitative estimate of drug-likeness (QED) is 0.473. The summed E-state index contributed by atoms with van der Waals surface area (Å²) in [4.78, 5) is 15.1. The van der Waals surface area contributed by atoms with E-state index in [1.807, 2.05) is 0 Å². The molecule has 3 aromatic rings. The molecule has 0 saturated heterocycles. The predicted octanol–water partition coefficient (Wildman–Crippen LogP) is 6.81. The van der Waals surface area contributed by atoms with Crippen LogP contribution in [0.15, 0.2) is 54.6 Å². The Kier molecular flexibility index (Phi) is 4.40. The van der Waals surface area contributed by atoms with Crippen LogP contribution in [0.3, 0.4) is 0 Å². The first-order chi connectivity index (χ1) is 14.9. The number of para-hydroxylation sites is 2. The molecule has 2 aromatic carbocycles. The minimum Gasteiger partial charge on any atom is -0.301 e. The van der Waals surface area contributed by atoms with Gasteiger partial charge in [-0.25, -0.2) is 9.97 Å².